The van der Waals surface area contributed by atoms with E-state index in [0.717, 1.165) is 11.6 Å². The molecule has 0 unspecified atom stereocenters. The molecule has 5 nitrogen and oxygen atoms in total. The third kappa shape index (κ3) is 4.09. The number of methoxy groups -OCH3 is 1. The molecule has 3 rings (SSSR count). The topological polar surface area (TPSA) is 58.7 Å². The second-order valence-corrected chi connectivity index (χ2v) is 6.30. The first-order valence-electron chi connectivity index (χ1n) is 8.34. The maximum atomic E-state index is 14.0. The van der Waals surface area contributed by atoms with Crippen LogP contribution in [-0.4, -0.2) is 29.1 Å². The molecule has 0 aliphatic carbocycles. The average Bonchev–Trinajstić information content (AvgIpc) is 2.97. The zero-order valence-electron chi connectivity index (χ0n) is 15.3. The minimum absolute atomic E-state index is 0.00733. The van der Waals surface area contributed by atoms with Crippen molar-refractivity contribution in [2.24, 2.45) is 0 Å². The Labute approximate surface area is 155 Å². The summed E-state index contributed by atoms with van der Waals surface area (Å²) in [5, 5.41) is 9.88. The highest BCUT2D eigenvalue weighted by atomic mass is 19.2. The number of oxazole rings is 1. The van der Waals surface area contributed by atoms with Crippen molar-refractivity contribution in [1.82, 2.24) is 9.88 Å². The van der Waals surface area contributed by atoms with Gasteiger partial charge in [0.2, 0.25) is 5.89 Å². The van der Waals surface area contributed by atoms with Crippen LogP contribution in [-0.2, 0) is 13.1 Å². The third-order valence-corrected chi connectivity index (χ3v) is 4.19. The number of phenolic OH excluding ortho intramolecular Hbond substituents is 1. The summed E-state index contributed by atoms with van der Waals surface area (Å²) in [6, 6.07) is 9.08. The van der Waals surface area contributed by atoms with Crippen molar-refractivity contribution in [2.75, 3.05) is 14.2 Å². The van der Waals surface area contributed by atoms with E-state index in [1.54, 1.807) is 19.1 Å². The van der Waals surface area contributed by atoms with Gasteiger partial charge in [-0.2, -0.15) is 0 Å². The summed E-state index contributed by atoms with van der Waals surface area (Å²) < 4.78 is 38.0. The van der Waals surface area contributed by atoms with Crippen LogP contribution in [0.3, 0.4) is 0 Å². The molecule has 1 N–H and O–H groups in total. The molecule has 0 spiro atoms. The van der Waals surface area contributed by atoms with Crippen LogP contribution in [0, 0.1) is 18.6 Å². The second-order valence-electron chi connectivity index (χ2n) is 6.30. The summed E-state index contributed by atoms with van der Waals surface area (Å²) in [6.45, 7) is 2.72. The van der Waals surface area contributed by atoms with Gasteiger partial charge in [0.25, 0.3) is 0 Å². The summed E-state index contributed by atoms with van der Waals surface area (Å²) in [5.74, 6) is -0.845. The standard InChI is InChI=1S/C20H20F2N2O3/c1-12-16(23-20(27-12)14-5-4-6-15(21)19(14)22)11-24(2)10-13-7-8-18(26-3)17(25)9-13/h4-9,25H,10-11H2,1-3H3. The molecule has 142 valence electrons. The maximum absolute atomic E-state index is 14.0. The SMILES string of the molecule is COc1ccc(CN(C)Cc2nc(-c3cccc(F)c3F)oc2C)cc1O. The molecule has 0 aliphatic heterocycles. The van der Waals surface area contributed by atoms with Gasteiger partial charge in [-0.3, -0.25) is 4.90 Å². The first-order valence-corrected chi connectivity index (χ1v) is 8.34. The van der Waals surface area contributed by atoms with Gasteiger partial charge in [-0.25, -0.2) is 13.8 Å². The molecule has 0 atom stereocenters. The van der Waals surface area contributed by atoms with Gasteiger partial charge in [0.15, 0.2) is 23.1 Å². The van der Waals surface area contributed by atoms with Crippen molar-refractivity contribution in [1.29, 1.82) is 0 Å². The molecular formula is C20H20F2N2O3. The number of rotatable bonds is 6. The van der Waals surface area contributed by atoms with E-state index >= 15 is 0 Å². The predicted molar refractivity (Wildman–Crippen MR) is 96.4 cm³/mol. The molecule has 1 heterocycles. The van der Waals surface area contributed by atoms with E-state index in [2.05, 4.69) is 4.98 Å². The van der Waals surface area contributed by atoms with E-state index in [-0.39, 0.29) is 17.2 Å². The zero-order chi connectivity index (χ0) is 19.6. The van der Waals surface area contributed by atoms with Crippen molar-refractivity contribution in [3.8, 4) is 23.0 Å². The molecule has 2 aromatic carbocycles. The lowest BCUT2D eigenvalue weighted by molar-refractivity contribution is 0.312. The Balaban J connectivity index is 1.75. The normalized spacial score (nSPS) is 11.2. The molecule has 0 fully saturated rings. The maximum Gasteiger partial charge on any atom is 0.229 e. The molecule has 3 aromatic rings. The van der Waals surface area contributed by atoms with Gasteiger partial charge in [-0.15, -0.1) is 0 Å². The van der Waals surface area contributed by atoms with Gasteiger partial charge in [0.1, 0.15) is 5.76 Å². The Hall–Kier alpha value is -2.93. The number of halogens is 2. The quantitative estimate of drug-likeness (QED) is 0.698. The van der Waals surface area contributed by atoms with Crippen LogP contribution < -0.4 is 4.74 Å². The second kappa shape index (κ2) is 7.75. The van der Waals surface area contributed by atoms with Crippen LogP contribution in [0.15, 0.2) is 40.8 Å². The summed E-state index contributed by atoms with van der Waals surface area (Å²) >= 11 is 0. The molecule has 0 bridgehead atoms. The van der Waals surface area contributed by atoms with E-state index in [4.69, 9.17) is 9.15 Å². The van der Waals surface area contributed by atoms with Crippen LogP contribution in [0.5, 0.6) is 11.5 Å². The Morgan fingerprint density at radius 2 is 1.96 bits per heavy atom. The molecule has 7 heteroatoms. The Kier molecular flexibility index (Phi) is 5.41. The monoisotopic (exact) mass is 374 g/mol. The van der Waals surface area contributed by atoms with E-state index in [9.17, 15) is 13.9 Å². The Morgan fingerprint density at radius 3 is 2.67 bits per heavy atom. The lowest BCUT2D eigenvalue weighted by Gasteiger charge is -2.16. The lowest BCUT2D eigenvalue weighted by atomic mass is 10.2. The van der Waals surface area contributed by atoms with Gasteiger partial charge in [0, 0.05) is 13.1 Å². The third-order valence-electron chi connectivity index (χ3n) is 4.19. The first kappa shape index (κ1) is 18.8. The predicted octanol–water partition coefficient (Wildman–Crippen LogP) is 4.27. The number of aromatic hydroxyl groups is 1. The molecule has 0 radical (unpaired) electrons. The van der Waals surface area contributed by atoms with Crippen LogP contribution >= 0.6 is 0 Å². The minimum atomic E-state index is -0.979. The van der Waals surface area contributed by atoms with Gasteiger partial charge in [0.05, 0.1) is 18.4 Å². The van der Waals surface area contributed by atoms with Gasteiger partial charge in [-0.1, -0.05) is 12.1 Å². The van der Waals surface area contributed by atoms with Crippen LogP contribution in [0.2, 0.25) is 0 Å². The molecule has 27 heavy (non-hydrogen) atoms. The Bertz CT molecular complexity index is 956. The van der Waals surface area contributed by atoms with Gasteiger partial charge >= 0.3 is 0 Å². The molecule has 0 aliphatic rings. The lowest BCUT2D eigenvalue weighted by Crippen LogP contribution is -2.18. The van der Waals surface area contributed by atoms with E-state index in [1.165, 1.54) is 19.2 Å². The van der Waals surface area contributed by atoms with Crippen molar-refractivity contribution < 1.29 is 23.0 Å². The molecular weight excluding hydrogens is 354 g/mol. The Morgan fingerprint density at radius 1 is 1.19 bits per heavy atom. The number of nitrogens with zero attached hydrogens (tertiary/aromatic N) is 2. The smallest absolute Gasteiger partial charge is 0.229 e. The number of phenols is 1. The number of aryl methyl sites for hydroxylation is 1. The van der Waals surface area contributed by atoms with Crippen molar-refractivity contribution in [3.63, 3.8) is 0 Å². The van der Waals surface area contributed by atoms with Crippen molar-refractivity contribution >= 4 is 0 Å². The highest BCUT2D eigenvalue weighted by molar-refractivity contribution is 5.54. The molecule has 1 aromatic heterocycles. The van der Waals surface area contributed by atoms with Crippen LogP contribution in [0.1, 0.15) is 17.0 Å². The molecule has 0 saturated heterocycles. The summed E-state index contributed by atoms with van der Waals surface area (Å²) in [4.78, 5) is 6.29. The minimum Gasteiger partial charge on any atom is -0.504 e. The van der Waals surface area contributed by atoms with Gasteiger partial charge in [-0.05, 0) is 43.8 Å². The molecule has 0 saturated carbocycles. The van der Waals surface area contributed by atoms with Crippen LogP contribution in [0.4, 0.5) is 8.78 Å². The average molecular weight is 374 g/mol. The highest BCUT2D eigenvalue weighted by Crippen LogP contribution is 2.28. The number of ether oxygens (including phenoxy) is 1. The highest BCUT2D eigenvalue weighted by Gasteiger charge is 2.18. The fourth-order valence-corrected chi connectivity index (χ4v) is 2.82. The van der Waals surface area contributed by atoms with Crippen molar-refractivity contribution in [2.45, 2.75) is 20.0 Å². The fraction of sp³-hybridized carbons (Fsp3) is 0.250. The first-order chi connectivity index (χ1) is 12.9. The number of hydrogen-bond acceptors (Lipinski definition) is 5. The number of hydrogen-bond donors (Lipinski definition) is 1. The fourth-order valence-electron chi connectivity index (χ4n) is 2.82. The van der Waals surface area contributed by atoms with E-state index in [1.807, 2.05) is 18.0 Å². The molecule has 0 amide bonds. The summed E-state index contributed by atoms with van der Waals surface area (Å²) in [6.07, 6.45) is 0. The van der Waals surface area contributed by atoms with Crippen LogP contribution in [0.25, 0.3) is 11.5 Å². The largest absolute Gasteiger partial charge is 0.504 e. The van der Waals surface area contributed by atoms with Gasteiger partial charge < -0.3 is 14.3 Å². The van der Waals surface area contributed by atoms with Crippen molar-refractivity contribution in [3.05, 3.63) is 65.1 Å². The number of aromatic nitrogens is 1. The van der Waals surface area contributed by atoms with E-state index in [0.29, 0.717) is 30.3 Å². The van der Waals surface area contributed by atoms with E-state index < -0.39 is 11.6 Å². The summed E-state index contributed by atoms with van der Waals surface area (Å²) in [7, 11) is 3.38. The number of benzene rings is 2. The summed E-state index contributed by atoms with van der Waals surface area (Å²) in [5.41, 5.74) is 1.52. The zero-order valence-corrected chi connectivity index (χ0v) is 15.3.